The number of aromatic nitrogens is 1. The van der Waals surface area contributed by atoms with Crippen LogP contribution in [0, 0.1) is 12.7 Å². The van der Waals surface area contributed by atoms with Gasteiger partial charge in [0.05, 0.1) is 5.69 Å². The highest BCUT2D eigenvalue weighted by atomic mass is 32.1. The van der Waals surface area contributed by atoms with E-state index in [1.165, 1.54) is 23.5 Å². The molecule has 1 aromatic heterocycles. The van der Waals surface area contributed by atoms with Crippen LogP contribution in [-0.4, -0.2) is 10.9 Å². The third kappa shape index (κ3) is 3.97. The number of carbonyl (C=O) groups excluding carboxylic acids is 1. The van der Waals surface area contributed by atoms with E-state index in [0.717, 1.165) is 11.3 Å². The monoisotopic (exact) mass is 342 g/mol. The van der Waals surface area contributed by atoms with Crippen molar-refractivity contribution in [2.45, 2.75) is 13.5 Å². The van der Waals surface area contributed by atoms with E-state index in [0.29, 0.717) is 5.01 Å². The lowest BCUT2D eigenvalue weighted by Gasteiger charge is -2.04. The molecule has 1 heterocycles. The van der Waals surface area contributed by atoms with E-state index >= 15 is 0 Å². The summed E-state index contributed by atoms with van der Waals surface area (Å²) in [6.07, 6.45) is 0. The number of aryl methyl sites for hydroxylation is 1. The summed E-state index contributed by atoms with van der Waals surface area (Å²) in [4.78, 5) is 16.3. The van der Waals surface area contributed by atoms with Crippen LogP contribution in [0.3, 0.4) is 0 Å². The van der Waals surface area contributed by atoms with E-state index < -0.39 is 11.7 Å². The van der Waals surface area contributed by atoms with Crippen LogP contribution in [0.1, 0.15) is 21.1 Å². The van der Waals surface area contributed by atoms with Gasteiger partial charge in [-0.2, -0.15) is 0 Å². The lowest BCUT2D eigenvalue weighted by Crippen LogP contribution is -2.13. The molecule has 0 aliphatic heterocycles. The fraction of sp³-hybridized carbons (Fsp3) is 0.111. The van der Waals surface area contributed by atoms with Crippen LogP contribution < -0.4 is 10.1 Å². The second kappa shape index (κ2) is 7.23. The van der Waals surface area contributed by atoms with Gasteiger partial charge in [0.2, 0.25) is 0 Å². The number of amides is 1. The summed E-state index contributed by atoms with van der Waals surface area (Å²) in [6, 6.07) is 13.7. The van der Waals surface area contributed by atoms with Crippen molar-refractivity contribution < 1.29 is 13.9 Å². The molecule has 122 valence electrons. The summed E-state index contributed by atoms with van der Waals surface area (Å²) < 4.78 is 19.2. The molecule has 0 saturated carbocycles. The molecule has 1 N–H and O–H groups in total. The van der Waals surface area contributed by atoms with Gasteiger partial charge in [-0.25, -0.2) is 9.37 Å². The Hall–Kier alpha value is -2.73. The van der Waals surface area contributed by atoms with E-state index in [4.69, 9.17) is 4.74 Å². The molecule has 0 spiro atoms. The summed E-state index contributed by atoms with van der Waals surface area (Å²) in [6.45, 7) is 2.28. The highest BCUT2D eigenvalue weighted by molar-refractivity contribution is 7.09. The van der Waals surface area contributed by atoms with Crippen molar-refractivity contribution in [3.63, 3.8) is 0 Å². The molecule has 6 heteroatoms. The zero-order valence-electron chi connectivity index (χ0n) is 13.0. The average Bonchev–Trinajstić information content (AvgIpc) is 3.06. The third-order valence-corrected chi connectivity index (χ3v) is 4.11. The quantitative estimate of drug-likeness (QED) is 0.747. The molecule has 0 radical (unpaired) electrons. The number of rotatable bonds is 5. The number of benzene rings is 2. The van der Waals surface area contributed by atoms with Crippen LogP contribution in [0.15, 0.2) is 53.9 Å². The van der Waals surface area contributed by atoms with Crippen LogP contribution in [0.2, 0.25) is 0 Å². The van der Waals surface area contributed by atoms with E-state index in [9.17, 15) is 9.18 Å². The Morgan fingerprint density at radius 3 is 2.71 bits per heavy atom. The molecule has 0 unspecified atom stereocenters. The molecule has 3 rings (SSSR count). The molecular formula is C18H15FN2O2S. The summed E-state index contributed by atoms with van der Waals surface area (Å²) >= 11 is 1.32. The molecule has 0 bridgehead atoms. The van der Waals surface area contributed by atoms with Gasteiger partial charge in [-0.15, -0.1) is 11.3 Å². The van der Waals surface area contributed by atoms with Gasteiger partial charge >= 0.3 is 0 Å². The van der Waals surface area contributed by atoms with Crippen molar-refractivity contribution in [1.82, 2.24) is 4.98 Å². The lowest BCUT2D eigenvalue weighted by atomic mass is 10.2. The second-order valence-electron chi connectivity index (χ2n) is 5.16. The van der Waals surface area contributed by atoms with Crippen molar-refractivity contribution in [3.8, 4) is 5.75 Å². The smallest absolute Gasteiger partial charge is 0.275 e. The Balaban J connectivity index is 1.61. The van der Waals surface area contributed by atoms with E-state index in [2.05, 4.69) is 10.3 Å². The number of carbonyl (C=O) groups is 1. The van der Waals surface area contributed by atoms with Crippen LogP contribution in [-0.2, 0) is 6.61 Å². The Morgan fingerprint density at radius 2 is 1.96 bits per heavy atom. The Labute approximate surface area is 142 Å². The van der Waals surface area contributed by atoms with Crippen LogP contribution >= 0.6 is 11.3 Å². The van der Waals surface area contributed by atoms with Gasteiger partial charge in [-0.05, 0) is 31.2 Å². The zero-order chi connectivity index (χ0) is 16.9. The molecule has 3 aromatic rings. The largest absolute Gasteiger partial charge is 0.486 e. The summed E-state index contributed by atoms with van der Waals surface area (Å²) in [7, 11) is 0. The lowest BCUT2D eigenvalue weighted by molar-refractivity contribution is 0.102. The molecule has 0 saturated heterocycles. The van der Waals surface area contributed by atoms with Crippen molar-refractivity contribution in [3.05, 3.63) is 76.0 Å². The normalized spacial score (nSPS) is 10.4. The number of ether oxygens (including phenoxy) is 1. The molecule has 0 fully saturated rings. The minimum atomic E-state index is -0.482. The Kier molecular flexibility index (Phi) is 4.86. The summed E-state index contributed by atoms with van der Waals surface area (Å²) in [5.41, 5.74) is 1.53. The molecule has 4 nitrogen and oxygen atoms in total. The average molecular weight is 342 g/mol. The number of nitrogens with one attached hydrogen (secondary N) is 1. The molecule has 0 aliphatic rings. The third-order valence-electron chi connectivity index (χ3n) is 3.29. The first-order valence-electron chi connectivity index (χ1n) is 7.31. The predicted octanol–water partition coefficient (Wildman–Crippen LogP) is 4.42. The van der Waals surface area contributed by atoms with Gasteiger partial charge in [0.15, 0.2) is 0 Å². The molecule has 24 heavy (non-hydrogen) atoms. The minimum absolute atomic E-state index is 0.132. The maximum atomic E-state index is 13.6. The van der Waals surface area contributed by atoms with Crippen LogP contribution in [0.25, 0.3) is 0 Å². The molecule has 0 aliphatic carbocycles. The SMILES string of the molecule is Cc1ccc(OCc2nc(C(=O)Nc3ccccc3F)cs2)cc1. The minimum Gasteiger partial charge on any atom is -0.486 e. The number of nitrogens with zero attached hydrogens (tertiary/aromatic N) is 1. The zero-order valence-corrected chi connectivity index (χ0v) is 13.8. The first-order chi connectivity index (χ1) is 11.6. The molecule has 2 aromatic carbocycles. The first kappa shape index (κ1) is 16.1. The Morgan fingerprint density at radius 1 is 1.21 bits per heavy atom. The van der Waals surface area contributed by atoms with Gasteiger partial charge in [-0.3, -0.25) is 4.79 Å². The number of halogens is 1. The van der Waals surface area contributed by atoms with Crippen molar-refractivity contribution >= 4 is 22.9 Å². The van der Waals surface area contributed by atoms with Gasteiger partial charge < -0.3 is 10.1 Å². The van der Waals surface area contributed by atoms with Crippen molar-refractivity contribution in [2.24, 2.45) is 0 Å². The number of anilines is 1. The summed E-state index contributed by atoms with van der Waals surface area (Å²) in [5.74, 6) is -0.185. The fourth-order valence-electron chi connectivity index (χ4n) is 2.01. The van der Waals surface area contributed by atoms with Gasteiger partial charge in [0.1, 0.15) is 28.9 Å². The second-order valence-corrected chi connectivity index (χ2v) is 6.10. The van der Waals surface area contributed by atoms with E-state index in [1.807, 2.05) is 31.2 Å². The standard InChI is InChI=1S/C18H15FN2O2S/c1-12-6-8-13(9-7-12)23-10-17-20-16(11-24-17)18(22)21-15-5-3-2-4-14(15)19/h2-9,11H,10H2,1H3,(H,21,22). The van der Waals surface area contributed by atoms with Crippen molar-refractivity contribution in [2.75, 3.05) is 5.32 Å². The highest BCUT2D eigenvalue weighted by Crippen LogP contribution is 2.18. The molecule has 0 atom stereocenters. The number of hydrogen-bond acceptors (Lipinski definition) is 4. The summed E-state index contributed by atoms with van der Waals surface area (Å²) in [5, 5.41) is 4.81. The first-order valence-corrected chi connectivity index (χ1v) is 8.19. The number of para-hydroxylation sites is 1. The predicted molar refractivity (Wildman–Crippen MR) is 92.0 cm³/mol. The molecular weight excluding hydrogens is 327 g/mol. The van der Waals surface area contributed by atoms with Gasteiger partial charge in [-0.1, -0.05) is 29.8 Å². The van der Waals surface area contributed by atoms with E-state index in [-0.39, 0.29) is 18.0 Å². The number of hydrogen-bond donors (Lipinski definition) is 1. The fourth-order valence-corrected chi connectivity index (χ4v) is 2.70. The highest BCUT2D eigenvalue weighted by Gasteiger charge is 2.13. The topological polar surface area (TPSA) is 51.2 Å². The number of thiazole rings is 1. The van der Waals surface area contributed by atoms with E-state index in [1.54, 1.807) is 17.5 Å². The van der Waals surface area contributed by atoms with Crippen LogP contribution in [0.4, 0.5) is 10.1 Å². The van der Waals surface area contributed by atoms with Crippen LogP contribution in [0.5, 0.6) is 5.75 Å². The maximum Gasteiger partial charge on any atom is 0.275 e. The Bertz CT molecular complexity index is 846. The van der Waals surface area contributed by atoms with Gasteiger partial charge in [0.25, 0.3) is 5.91 Å². The van der Waals surface area contributed by atoms with Crippen molar-refractivity contribution in [1.29, 1.82) is 0 Å². The van der Waals surface area contributed by atoms with Gasteiger partial charge in [0, 0.05) is 5.38 Å². The molecule has 1 amide bonds. The maximum absolute atomic E-state index is 13.6.